The lowest BCUT2D eigenvalue weighted by molar-refractivity contribution is -0.144. The van der Waals surface area contributed by atoms with Crippen molar-refractivity contribution in [2.24, 2.45) is 5.92 Å². The Morgan fingerprint density at radius 2 is 0.950 bits per heavy atom. The van der Waals surface area contributed by atoms with Crippen LogP contribution < -0.4 is 5.32 Å². The number of hydrogen-bond donors (Lipinski definition) is 2. The van der Waals surface area contributed by atoms with Crippen LogP contribution in [0, 0.1) is 5.92 Å². The molecule has 0 aliphatic rings. The number of unbranched alkanes of at least 4 members (excludes halogenated alkanes) is 19. The average molecular weight is 843 g/mol. The molecule has 0 saturated carbocycles. The van der Waals surface area contributed by atoms with Gasteiger partial charge < -0.3 is 24.8 Å². The number of nitrogens with one attached hydrogen (secondary N) is 1. The quantitative estimate of drug-likeness (QED) is 0.0358. The molecule has 0 spiro atoms. The van der Waals surface area contributed by atoms with Crippen molar-refractivity contribution in [1.82, 2.24) is 10.2 Å². The highest BCUT2D eigenvalue weighted by atomic mass is 16.5. The van der Waals surface area contributed by atoms with E-state index in [1.54, 1.807) is 0 Å². The first kappa shape index (κ1) is 57.8. The fourth-order valence-corrected chi connectivity index (χ4v) is 7.48. The summed E-state index contributed by atoms with van der Waals surface area (Å²) in [5.41, 5.74) is 0. The molecule has 7 heteroatoms. The lowest BCUT2D eigenvalue weighted by atomic mass is 9.91. The van der Waals surface area contributed by atoms with Gasteiger partial charge in [0.15, 0.2) is 0 Å². The minimum absolute atomic E-state index is 0.0747. The normalized spacial score (nSPS) is 13.2. The van der Waals surface area contributed by atoms with Crippen LogP contribution in [0.2, 0.25) is 0 Å². The van der Waals surface area contributed by atoms with E-state index in [0.29, 0.717) is 26.1 Å². The minimum Gasteiger partial charge on any atom is -0.466 e. The fraction of sp³-hybridized carbons (Fsp3) is 0.811. The second kappa shape index (κ2) is 47.8. The molecule has 0 aromatic rings. The van der Waals surface area contributed by atoms with E-state index >= 15 is 0 Å². The van der Waals surface area contributed by atoms with Crippen molar-refractivity contribution in [3.05, 3.63) is 48.6 Å². The van der Waals surface area contributed by atoms with Gasteiger partial charge in [0.05, 0.1) is 19.3 Å². The summed E-state index contributed by atoms with van der Waals surface area (Å²) in [6.07, 6.45) is 52.2. The largest absolute Gasteiger partial charge is 0.466 e. The Kier molecular flexibility index (Phi) is 46.1. The van der Waals surface area contributed by atoms with Gasteiger partial charge in [-0.1, -0.05) is 133 Å². The first-order valence-corrected chi connectivity index (χ1v) is 25.4. The van der Waals surface area contributed by atoms with Crippen LogP contribution in [0.25, 0.3) is 0 Å². The molecule has 0 aliphatic carbocycles. The third-order valence-electron chi connectivity index (χ3n) is 11.4. The molecule has 60 heavy (non-hydrogen) atoms. The Morgan fingerprint density at radius 3 is 1.43 bits per heavy atom. The number of nitrogens with zero attached hydrogens (tertiary/aromatic N) is 1. The lowest BCUT2D eigenvalue weighted by Gasteiger charge is -2.28. The maximum atomic E-state index is 12.3. The third-order valence-corrected chi connectivity index (χ3v) is 11.4. The molecule has 2 atom stereocenters. The smallest absolute Gasteiger partial charge is 0.305 e. The third kappa shape index (κ3) is 43.9. The fourth-order valence-electron chi connectivity index (χ4n) is 7.48. The summed E-state index contributed by atoms with van der Waals surface area (Å²) in [7, 11) is 4.13. The second-order valence-electron chi connectivity index (χ2n) is 17.3. The molecule has 0 heterocycles. The van der Waals surface area contributed by atoms with E-state index in [9.17, 15) is 14.7 Å². The zero-order chi connectivity index (χ0) is 43.8. The minimum atomic E-state index is -0.363. The Morgan fingerprint density at radius 1 is 0.533 bits per heavy atom. The van der Waals surface area contributed by atoms with E-state index in [1.807, 2.05) is 7.05 Å². The standard InChI is InChI=1S/C53H98N2O5/c1-5-7-9-11-13-15-17-19-21-23-25-27-29-31-35-43-52(57)59-47-38-33-34-42-51(56)50(49-55(4)46-40-45-54-3)41-37-39-48-60-53(58)44-36-32-30-28-26-24-22-20-18-16-14-12-10-8-6-2/h13-16,19-22,50-51,54,56H,5-12,17-18,23-49H2,1-4H3/b15-13-,16-14-,21-19-,22-20-. The van der Waals surface area contributed by atoms with Crippen LogP contribution in [0.5, 0.6) is 0 Å². The van der Waals surface area contributed by atoms with Crippen LogP contribution in [0.3, 0.4) is 0 Å². The Labute approximate surface area is 372 Å². The van der Waals surface area contributed by atoms with Crippen molar-refractivity contribution in [1.29, 1.82) is 0 Å². The van der Waals surface area contributed by atoms with Crippen molar-refractivity contribution in [3.63, 3.8) is 0 Å². The zero-order valence-electron chi connectivity index (χ0n) is 40.0. The van der Waals surface area contributed by atoms with E-state index < -0.39 is 0 Å². The van der Waals surface area contributed by atoms with E-state index in [1.165, 1.54) is 89.9 Å². The summed E-state index contributed by atoms with van der Waals surface area (Å²) in [5.74, 6) is 0.0394. The topological polar surface area (TPSA) is 88.1 Å². The number of hydrogen-bond acceptors (Lipinski definition) is 7. The monoisotopic (exact) mass is 843 g/mol. The SMILES string of the molecule is CCCCC/C=C\C/C=C\CCCCCCCC(=O)OCCCCCC(O)C(CCCCOC(=O)CCCCCCC/C=C\C/C=C\CCCCC)CN(C)CCCNC. The number of carbonyl (C=O) groups is 2. The molecule has 0 radical (unpaired) electrons. The first-order valence-electron chi connectivity index (χ1n) is 25.4. The van der Waals surface area contributed by atoms with Crippen molar-refractivity contribution in [2.45, 2.75) is 225 Å². The summed E-state index contributed by atoms with van der Waals surface area (Å²) in [5, 5.41) is 14.4. The molecule has 0 amide bonds. The van der Waals surface area contributed by atoms with Gasteiger partial charge in [-0.15, -0.1) is 0 Å². The van der Waals surface area contributed by atoms with Gasteiger partial charge in [-0.05, 0) is 155 Å². The Balaban J connectivity index is 4.07. The van der Waals surface area contributed by atoms with Crippen molar-refractivity contribution < 1.29 is 24.2 Å². The molecule has 7 nitrogen and oxygen atoms in total. The summed E-state index contributed by atoms with van der Waals surface area (Å²) >= 11 is 0. The van der Waals surface area contributed by atoms with Gasteiger partial charge in [0.1, 0.15) is 0 Å². The van der Waals surface area contributed by atoms with Gasteiger partial charge in [-0.2, -0.15) is 0 Å². The first-order chi connectivity index (χ1) is 29.4. The summed E-state index contributed by atoms with van der Waals surface area (Å²) in [6.45, 7) is 8.28. The summed E-state index contributed by atoms with van der Waals surface area (Å²) in [6, 6.07) is 0. The van der Waals surface area contributed by atoms with Crippen LogP contribution in [-0.2, 0) is 19.1 Å². The second-order valence-corrected chi connectivity index (χ2v) is 17.3. The van der Waals surface area contributed by atoms with Crippen LogP contribution in [0.4, 0.5) is 0 Å². The van der Waals surface area contributed by atoms with E-state index in [0.717, 1.165) is 122 Å². The molecular weight excluding hydrogens is 745 g/mol. The van der Waals surface area contributed by atoms with Crippen LogP contribution in [-0.4, -0.2) is 75.0 Å². The van der Waals surface area contributed by atoms with Gasteiger partial charge >= 0.3 is 11.9 Å². The molecule has 2 unspecified atom stereocenters. The zero-order valence-corrected chi connectivity index (χ0v) is 40.0. The number of rotatable bonds is 46. The Hall–Kier alpha value is -2.22. The van der Waals surface area contributed by atoms with Crippen LogP contribution >= 0.6 is 0 Å². The number of ether oxygens (including phenoxy) is 2. The molecule has 0 bridgehead atoms. The van der Waals surface area contributed by atoms with Crippen LogP contribution in [0.15, 0.2) is 48.6 Å². The Bertz CT molecular complexity index is 1040. The molecule has 0 aromatic carbocycles. The molecule has 0 aliphatic heterocycles. The highest BCUT2D eigenvalue weighted by Crippen LogP contribution is 2.20. The molecule has 0 fully saturated rings. The number of carbonyl (C=O) groups excluding carboxylic acids is 2. The van der Waals surface area contributed by atoms with E-state index in [-0.39, 0.29) is 24.0 Å². The number of aliphatic hydroxyl groups is 1. The van der Waals surface area contributed by atoms with Gasteiger partial charge in [0.25, 0.3) is 0 Å². The highest BCUT2D eigenvalue weighted by Gasteiger charge is 2.20. The maximum Gasteiger partial charge on any atom is 0.305 e. The molecule has 0 rings (SSSR count). The number of allylic oxidation sites excluding steroid dienone is 8. The van der Waals surface area contributed by atoms with Gasteiger partial charge in [-0.25, -0.2) is 0 Å². The van der Waals surface area contributed by atoms with Gasteiger partial charge in [0, 0.05) is 19.4 Å². The van der Waals surface area contributed by atoms with Crippen molar-refractivity contribution in [2.75, 3.05) is 46.9 Å². The molecule has 0 aromatic heterocycles. The molecule has 0 saturated heterocycles. The van der Waals surface area contributed by atoms with Gasteiger partial charge in [-0.3, -0.25) is 9.59 Å². The lowest BCUT2D eigenvalue weighted by Crippen LogP contribution is -2.34. The summed E-state index contributed by atoms with van der Waals surface area (Å²) < 4.78 is 11.1. The average Bonchev–Trinajstić information content (AvgIpc) is 3.24. The van der Waals surface area contributed by atoms with Gasteiger partial charge in [0.2, 0.25) is 0 Å². The number of aliphatic hydroxyl groups excluding tert-OH is 1. The predicted octanol–water partition coefficient (Wildman–Crippen LogP) is 13.9. The maximum absolute atomic E-state index is 12.3. The molecular formula is C53H98N2O5. The molecule has 350 valence electrons. The highest BCUT2D eigenvalue weighted by molar-refractivity contribution is 5.69. The van der Waals surface area contributed by atoms with E-state index in [4.69, 9.17) is 9.47 Å². The summed E-state index contributed by atoms with van der Waals surface area (Å²) in [4.78, 5) is 26.9. The van der Waals surface area contributed by atoms with Crippen molar-refractivity contribution in [3.8, 4) is 0 Å². The van der Waals surface area contributed by atoms with Crippen molar-refractivity contribution >= 4 is 11.9 Å². The van der Waals surface area contributed by atoms with E-state index in [2.05, 4.69) is 79.7 Å². The van der Waals surface area contributed by atoms with Crippen LogP contribution in [0.1, 0.15) is 219 Å². The molecule has 2 N–H and O–H groups in total. The predicted molar refractivity (Wildman–Crippen MR) is 258 cm³/mol. The number of esters is 2.